The number of aryl methyl sites for hydroxylation is 2. The molecule has 0 bridgehead atoms. The van der Waals surface area contributed by atoms with Crippen LogP contribution in [-0.4, -0.2) is 32.9 Å². The highest BCUT2D eigenvalue weighted by Gasteiger charge is 2.48. The summed E-state index contributed by atoms with van der Waals surface area (Å²) in [5, 5.41) is 10.9. The third-order valence-corrected chi connectivity index (χ3v) is 5.00. The number of nitrogens with one attached hydrogen (secondary N) is 1. The highest BCUT2D eigenvalue weighted by atomic mass is 19.4. The SMILES string of the molecule is Cc1nnc2n1C[C@H](NC(=O)[C@@H]1CCCC[C@H]1C(F)(F)F)CC2. The molecule has 1 amide bonds. The molecule has 5 nitrogen and oxygen atoms in total. The van der Waals surface area contributed by atoms with Crippen molar-refractivity contribution in [2.75, 3.05) is 0 Å². The van der Waals surface area contributed by atoms with Crippen LogP contribution in [0.3, 0.4) is 0 Å². The molecule has 1 saturated carbocycles. The zero-order chi connectivity index (χ0) is 16.6. The summed E-state index contributed by atoms with van der Waals surface area (Å²) >= 11 is 0. The summed E-state index contributed by atoms with van der Waals surface area (Å²) in [7, 11) is 0. The Morgan fingerprint density at radius 1 is 1.22 bits per heavy atom. The number of alkyl halides is 3. The molecule has 3 atom stereocenters. The van der Waals surface area contributed by atoms with Gasteiger partial charge in [0.1, 0.15) is 11.6 Å². The lowest BCUT2D eigenvalue weighted by molar-refractivity contribution is -0.198. The molecular weight excluding hydrogens is 309 g/mol. The molecule has 0 unspecified atom stereocenters. The van der Waals surface area contributed by atoms with Crippen LogP contribution >= 0.6 is 0 Å². The topological polar surface area (TPSA) is 59.8 Å². The summed E-state index contributed by atoms with van der Waals surface area (Å²) in [6, 6.07) is -0.152. The van der Waals surface area contributed by atoms with Crippen LogP contribution < -0.4 is 5.32 Å². The molecule has 1 aliphatic carbocycles. The smallest absolute Gasteiger partial charge is 0.351 e. The molecule has 128 valence electrons. The third-order valence-electron chi connectivity index (χ3n) is 5.00. The lowest BCUT2D eigenvalue weighted by Crippen LogP contribution is -2.48. The van der Waals surface area contributed by atoms with E-state index in [-0.39, 0.29) is 12.5 Å². The maximum Gasteiger partial charge on any atom is 0.392 e. The van der Waals surface area contributed by atoms with Crippen molar-refractivity contribution in [2.45, 2.75) is 64.2 Å². The minimum absolute atomic E-state index is 0.0565. The highest BCUT2D eigenvalue weighted by molar-refractivity contribution is 5.79. The van der Waals surface area contributed by atoms with Gasteiger partial charge in [-0.15, -0.1) is 10.2 Å². The molecule has 1 fully saturated rings. The fourth-order valence-corrected chi connectivity index (χ4v) is 3.72. The summed E-state index contributed by atoms with van der Waals surface area (Å²) in [4.78, 5) is 12.4. The summed E-state index contributed by atoms with van der Waals surface area (Å²) in [5.74, 6) is -1.27. The Hall–Kier alpha value is -1.60. The van der Waals surface area contributed by atoms with Gasteiger partial charge < -0.3 is 9.88 Å². The van der Waals surface area contributed by atoms with E-state index < -0.39 is 23.9 Å². The van der Waals surface area contributed by atoms with Crippen LogP contribution in [0.4, 0.5) is 13.2 Å². The van der Waals surface area contributed by atoms with E-state index in [1.165, 1.54) is 0 Å². The molecule has 0 spiro atoms. The van der Waals surface area contributed by atoms with Gasteiger partial charge in [0.2, 0.25) is 5.91 Å². The Morgan fingerprint density at radius 3 is 2.70 bits per heavy atom. The molecule has 2 heterocycles. The number of halogens is 3. The van der Waals surface area contributed by atoms with Crippen molar-refractivity contribution < 1.29 is 18.0 Å². The molecule has 1 N–H and O–H groups in total. The second-order valence-electron chi connectivity index (χ2n) is 6.56. The van der Waals surface area contributed by atoms with Gasteiger partial charge in [0.25, 0.3) is 0 Å². The molecule has 23 heavy (non-hydrogen) atoms. The molecular formula is C15H21F3N4O. The molecule has 0 saturated heterocycles. The van der Waals surface area contributed by atoms with Crippen molar-refractivity contribution in [3.8, 4) is 0 Å². The average Bonchev–Trinajstić information content (AvgIpc) is 2.87. The van der Waals surface area contributed by atoms with Gasteiger partial charge in [-0.05, 0) is 26.2 Å². The number of nitrogens with zero attached hydrogens (tertiary/aromatic N) is 3. The van der Waals surface area contributed by atoms with Crippen molar-refractivity contribution in [3.05, 3.63) is 11.6 Å². The molecule has 1 aromatic rings. The minimum atomic E-state index is -4.30. The van der Waals surface area contributed by atoms with Crippen LogP contribution in [0.5, 0.6) is 0 Å². The third kappa shape index (κ3) is 3.35. The van der Waals surface area contributed by atoms with Crippen molar-refractivity contribution in [1.29, 1.82) is 0 Å². The van der Waals surface area contributed by atoms with E-state index in [9.17, 15) is 18.0 Å². The normalized spacial score (nSPS) is 28.3. The molecule has 0 radical (unpaired) electrons. The second-order valence-corrected chi connectivity index (χ2v) is 6.56. The van der Waals surface area contributed by atoms with E-state index in [0.29, 0.717) is 38.6 Å². The van der Waals surface area contributed by atoms with Gasteiger partial charge in [0.15, 0.2) is 0 Å². The Balaban J connectivity index is 1.66. The van der Waals surface area contributed by atoms with Gasteiger partial charge in [0.05, 0.1) is 5.92 Å². The minimum Gasteiger partial charge on any atom is -0.351 e. The Morgan fingerprint density at radius 2 is 1.96 bits per heavy atom. The Labute approximate surface area is 132 Å². The number of aromatic nitrogens is 3. The fraction of sp³-hybridized carbons (Fsp3) is 0.800. The maximum atomic E-state index is 13.1. The van der Waals surface area contributed by atoms with E-state index in [1.807, 2.05) is 11.5 Å². The van der Waals surface area contributed by atoms with Gasteiger partial charge in [-0.3, -0.25) is 4.79 Å². The summed E-state index contributed by atoms with van der Waals surface area (Å²) in [6.07, 6.45) is -1.33. The van der Waals surface area contributed by atoms with Crippen LogP contribution in [-0.2, 0) is 17.8 Å². The number of hydrogen-bond acceptors (Lipinski definition) is 3. The Bertz CT molecular complexity index is 584. The maximum absolute atomic E-state index is 13.1. The first kappa shape index (κ1) is 16.3. The van der Waals surface area contributed by atoms with Crippen LogP contribution in [0, 0.1) is 18.8 Å². The van der Waals surface area contributed by atoms with E-state index in [0.717, 1.165) is 11.6 Å². The van der Waals surface area contributed by atoms with E-state index in [1.54, 1.807) is 0 Å². The average molecular weight is 330 g/mol. The van der Waals surface area contributed by atoms with Crippen molar-refractivity contribution in [1.82, 2.24) is 20.1 Å². The summed E-state index contributed by atoms with van der Waals surface area (Å²) in [5.41, 5.74) is 0. The zero-order valence-corrected chi connectivity index (χ0v) is 13.1. The van der Waals surface area contributed by atoms with E-state index >= 15 is 0 Å². The van der Waals surface area contributed by atoms with Crippen LogP contribution in [0.15, 0.2) is 0 Å². The first-order valence-electron chi connectivity index (χ1n) is 8.12. The molecule has 2 aliphatic rings. The van der Waals surface area contributed by atoms with Gasteiger partial charge in [-0.1, -0.05) is 12.8 Å². The second kappa shape index (κ2) is 6.13. The quantitative estimate of drug-likeness (QED) is 0.906. The molecule has 1 aliphatic heterocycles. The zero-order valence-electron chi connectivity index (χ0n) is 13.1. The number of hydrogen-bond donors (Lipinski definition) is 1. The summed E-state index contributed by atoms with van der Waals surface area (Å²) in [6.45, 7) is 2.37. The van der Waals surface area contributed by atoms with Crippen LogP contribution in [0.1, 0.15) is 43.8 Å². The lowest BCUT2D eigenvalue weighted by atomic mass is 9.78. The van der Waals surface area contributed by atoms with E-state index in [4.69, 9.17) is 0 Å². The van der Waals surface area contributed by atoms with E-state index in [2.05, 4.69) is 15.5 Å². The predicted molar refractivity (Wildman–Crippen MR) is 76.5 cm³/mol. The summed E-state index contributed by atoms with van der Waals surface area (Å²) < 4.78 is 41.3. The van der Waals surface area contributed by atoms with Crippen molar-refractivity contribution >= 4 is 5.91 Å². The first-order chi connectivity index (χ1) is 10.9. The Kier molecular flexibility index (Phi) is 4.33. The van der Waals surface area contributed by atoms with Gasteiger partial charge in [0, 0.05) is 24.9 Å². The van der Waals surface area contributed by atoms with Crippen LogP contribution in [0.25, 0.3) is 0 Å². The monoisotopic (exact) mass is 330 g/mol. The van der Waals surface area contributed by atoms with Gasteiger partial charge >= 0.3 is 6.18 Å². The predicted octanol–water partition coefficient (Wildman–Crippen LogP) is 2.39. The fourth-order valence-electron chi connectivity index (χ4n) is 3.72. The molecule has 3 rings (SSSR count). The number of fused-ring (bicyclic) bond motifs is 1. The largest absolute Gasteiger partial charge is 0.392 e. The number of carbonyl (C=O) groups is 1. The number of carbonyl (C=O) groups excluding carboxylic acids is 1. The standard InChI is InChI=1S/C15H21F3N4O/c1-9-20-21-13-7-6-10(8-22(9)13)19-14(23)11-4-2-3-5-12(11)15(16,17)18/h10-12H,2-8H2,1H3,(H,19,23)/t10-,11-,12-/m1/s1. The highest BCUT2D eigenvalue weighted by Crippen LogP contribution is 2.41. The van der Waals surface area contributed by atoms with Gasteiger partial charge in [-0.2, -0.15) is 13.2 Å². The first-order valence-corrected chi connectivity index (χ1v) is 8.12. The van der Waals surface area contributed by atoms with Crippen LogP contribution in [0.2, 0.25) is 0 Å². The van der Waals surface area contributed by atoms with Gasteiger partial charge in [-0.25, -0.2) is 0 Å². The molecule has 8 heteroatoms. The lowest BCUT2D eigenvalue weighted by Gasteiger charge is -2.34. The molecule has 1 aromatic heterocycles. The van der Waals surface area contributed by atoms with Crippen molar-refractivity contribution in [2.24, 2.45) is 11.8 Å². The number of amides is 1. The van der Waals surface area contributed by atoms with Crippen molar-refractivity contribution in [3.63, 3.8) is 0 Å². The molecule has 0 aromatic carbocycles. The number of rotatable bonds is 2.